The number of guanidine groups is 1. The first-order chi connectivity index (χ1) is 7.51. The van der Waals surface area contributed by atoms with E-state index in [-0.39, 0.29) is 24.0 Å². The molecular formula is C13H28IN3. The van der Waals surface area contributed by atoms with Crippen LogP contribution in [0.1, 0.15) is 39.0 Å². The topological polar surface area (TPSA) is 18.8 Å². The monoisotopic (exact) mass is 353 g/mol. The van der Waals surface area contributed by atoms with E-state index in [0.29, 0.717) is 5.41 Å². The fourth-order valence-corrected chi connectivity index (χ4v) is 2.62. The Labute approximate surface area is 124 Å². The minimum atomic E-state index is 0. The highest BCUT2D eigenvalue weighted by Crippen LogP contribution is 2.45. The summed E-state index contributed by atoms with van der Waals surface area (Å²) in [5.41, 5.74) is 0.534. The number of aliphatic imine (C=N–C) groups is 1. The molecule has 0 bridgehead atoms. The second-order valence-corrected chi connectivity index (χ2v) is 5.51. The molecule has 4 heteroatoms. The molecule has 0 aliphatic heterocycles. The summed E-state index contributed by atoms with van der Waals surface area (Å²) in [6, 6.07) is 0. The number of hydrogen-bond donors (Lipinski definition) is 0. The van der Waals surface area contributed by atoms with E-state index in [1.807, 2.05) is 0 Å². The summed E-state index contributed by atoms with van der Waals surface area (Å²) in [4.78, 5) is 9.00. The van der Waals surface area contributed by atoms with Crippen LogP contribution in [-0.2, 0) is 0 Å². The van der Waals surface area contributed by atoms with Crippen LogP contribution in [0.4, 0.5) is 0 Å². The van der Waals surface area contributed by atoms with Crippen molar-refractivity contribution in [3.8, 4) is 0 Å². The van der Waals surface area contributed by atoms with Gasteiger partial charge in [0.25, 0.3) is 0 Å². The van der Waals surface area contributed by atoms with Gasteiger partial charge in [-0.2, -0.15) is 0 Å². The first kappa shape index (κ1) is 17.0. The van der Waals surface area contributed by atoms with Crippen LogP contribution in [0, 0.1) is 5.41 Å². The summed E-state index contributed by atoms with van der Waals surface area (Å²) in [5, 5.41) is 0. The molecule has 1 fully saturated rings. The van der Waals surface area contributed by atoms with Gasteiger partial charge < -0.3 is 9.80 Å². The Morgan fingerprint density at radius 2 is 1.65 bits per heavy atom. The lowest BCUT2D eigenvalue weighted by atomic mass is 9.66. The molecule has 1 saturated carbocycles. The van der Waals surface area contributed by atoms with E-state index in [2.05, 4.69) is 44.9 Å². The summed E-state index contributed by atoms with van der Waals surface area (Å²) in [5.74, 6) is 1.09. The van der Waals surface area contributed by atoms with Crippen molar-refractivity contribution in [3.05, 3.63) is 0 Å². The number of rotatable bonds is 4. The molecule has 0 atom stereocenters. The van der Waals surface area contributed by atoms with Gasteiger partial charge in [-0.15, -0.1) is 24.0 Å². The molecule has 3 nitrogen and oxygen atoms in total. The minimum Gasteiger partial charge on any atom is -0.349 e. The lowest BCUT2D eigenvalue weighted by molar-refractivity contribution is 0.129. The molecule has 0 spiro atoms. The normalized spacial score (nSPS) is 16.5. The Morgan fingerprint density at radius 1 is 1.12 bits per heavy atom. The lowest BCUT2D eigenvalue weighted by Crippen LogP contribution is -2.38. The molecule has 0 aromatic carbocycles. The van der Waals surface area contributed by atoms with E-state index < -0.39 is 0 Å². The van der Waals surface area contributed by atoms with Gasteiger partial charge in [0.05, 0.1) is 0 Å². The van der Waals surface area contributed by atoms with Crippen molar-refractivity contribution in [1.29, 1.82) is 0 Å². The maximum absolute atomic E-state index is 4.80. The molecule has 0 aromatic heterocycles. The Bertz CT molecular complexity index is 235. The molecule has 0 amide bonds. The van der Waals surface area contributed by atoms with Gasteiger partial charge in [-0.1, -0.05) is 19.8 Å². The molecule has 17 heavy (non-hydrogen) atoms. The zero-order valence-corrected chi connectivity index (χ0v) is 14.3. The molecular weight excluding hydrogens is 325 g/mol. The molecule has 0 unspecified atom stereocenters. The molecule has 1 rings (SSSR count). The first-order valence-corrected chi connectivity index (χ1v) is 6.40. The van der Waals surface area contributed by atoms with Crippen LogP contribution in [-0.4, -0.2) is 50.5 Å². The van der Waals surface area contributed by atoms with Gasteiger partial charge in [-0.3, -0.25) is 4.99 Å². The van der Waals surface area contributed by atoms with Crippen molar-refractivity contribution in [2.24, 2.45) is 10.4 Å². The lowest BCUT2D eigenvalue weighted by Gasteiger charge is -2.41. The molecule has 0 aromatic rings. The maximum Gasteiger partial charge on any atom is 0.195 e. The van der Waals surface area contributed by atoms with Crippen molar-refractivity contribution >= 4 is 29.9 Å². The predicted octanol–water partition coefficient (Wildman–Crippen LogP) is 3.05. The van der Waals surface area contributed by atoms with Gasteiger partial charge in [0.2, 0.25) is 0 Å². The average molecular weight is 353 g/mol. The highest BCUT2D eigenvalue weighted by Gasteiger charge is 2.35. The molecule has 0 saturated heterocycles. The van der Waals surface area contributed by atoms with Crippen LogP contribution in [0.3, 0.4) is 0 Å². The Hall–Kier alpha value is 0. The second kappa shape index (κ2) is 7.44. The van der Waals surface area contributed by atoms with Gasteiger partial charge in [0, 0.05) is 34.7 Å². The zero-order chi connectivity index (χ0) is 12.2. The molecule has 0 N–H and O–H groups in total. The average Bonchev–Trinajstić information content (AvgIpc) is 2.12. The molecule has 102 valence electrons. The number of nitrogens with zero attached hydrogens (tertiary/aromatic N) is 3. The third-order valence-corrected chi connectivity index (χ3v) is 3.55. The molecule has 1 aliphatic rings. The third-order valence-electron chi connectivity index (χ3n) is 3.55. The van der Waals surface area contributed by atoms with Crippen LogP contribution in [0.2, 0.25) is 0 Å². The standard InChI is InChI=1S/C13H27N3.HI/c1-6-8-13(9-7-10-13)11-14-12(15(2)3)16(4)5;/h6-11H2,1-5H3;1H. The third kappa shape index (κ3) is 4.64. The first-order valence-electron chi connectivity index (χ1n) is 6.40. The van der Waals surface area contributed by atoms with E-state index in [0.717, 1.165) is 12.5 Å². The van der Waals surface area contributed by atoms with Crippen LogP contribution in [0.5, 0.6) is 0 Å². The molecule has 1 aliphatic carbocycles. The van der Waals surface area contributed by atoms with E-state index in [1.165, 1.54) is 32.1 Å². The summed E-state index contributed by atoms with van der Waals surface area (Å²) >= 11 is 0. The van der Waals surface area contributed by atoms with Gasteiger partial charge in [-0.05, 0) is 24.7 Å². The fraction of sp³-hybridized carbons (Fsp3) is 0.923. The van der Waals surface area contributed by atoms with Crippen molar-refractivity contribution in [2.45, 2.75) is 39.0 Å². The highest BCUT2D eigenvalue weighted by atomic mass is 127. The second-order valence-electron chi connectivity index (χ2n) is 5.51. The fourth-order valence-electron chi connectivity index (χ4n) is 2.62. The van der Waals surface area contributed by atoms with Gasteiger partial charge in [0.1, 0.15) is 0 Å². The summed E-state index contributed by atoms with van der Waals surface area (Å²) in [7, 11) is 8.25. The van der Waals surface area contributed by atoms with Crippen molar-refractivity contribution < 1.29 is 0 Å². The summed E-state index contributed by atoms with van der Waals surface area (Å²) < 4.78 is 0. The van der Waals surface area contributed by atoms with Crippen LogP contribution < -0.4 is 0 Å². The van der Waals surface area contributed by atoms with Crippen LogP contribution >= 0.6 is 24.0 Å². The van der Waals surface area contributed by atoms with E-state index in [9.17, 15) is 0 Å². The van der Waals surface area contributed by atoms with Crippen molar-refractivity contribution in [2.75, 3.05) is 34.7 Å². The summed E-state index contributed by atoms with van der Waals surface area (Å²) in [6.07, 6.45) is 6.77. The zero-order valence-electron chi connectivity index (χ0n) is 12.0. The van der Waals surface area contributed by atoms with Crippen molar-refractivity contribution in [3.63, 3.8) is 0 Å². The summed E-state index contributed by atoms with van der Waals surface area (Å²) in [6.45, 7) is 3.29. The number of hydrogen-bond acceptors (Lipinski definition) is 1. The SMILES string of the molecule is CCCC1(CN=C(N(C)C)N(C)C)CCC1.I. The Morgan fingerprint density at radius 3 is 1.94 bits per heavy atom. The van der Waals surface area contributed by atoms with Gasteiger partial charge in [0.15, 0.2) is 5.96 Å². The quantitative estimate of drug-likeness (QED) is 0.440. The molecule has 0 heterocycles. The minimum absolute atomic E-state index is 0. The smallest absolute Gasteiger partial charge is 0.195 e. The van der Waals surface area contributed by atoms with Crippen molar-refractivity contribution in [1.82, 2.24) is 9.80 Å². The maximum atomic E-state index is 4.80. The van der Waals surface area contributed by atoms with Crippen LogP contribution in [0.15, 0.2) is 4.99 Å². The van der Waals surface area contributed by atoms with Crippen LogP contribution in [0.25, 0.3) is 0 Å². The van der Waals surface area contributed by atoms with Gasteiger partial charge in [-0.25, -0.2) is 0 Å². The number of halogens is 1. The van der Waals surface area contributed by atoms with E-state index in [1.54, 1.807) is 0 Å². The van der Waals surface area contributed by atoms with E-state index in [4.69, 9.17) is 4.99 Å². The largest absolute Gasteiger partial charge is 0.349 e. The predicted molar refractivity (Wildman–Crippen MR) is 86.3 cm³/mol. The molecule has 0 radical (unpaired) electrons. The Balaban J connectivity index is 0.00000256. The highest BCUT2D eigenvalue weighted by molar-refractivity contribution is 14.0. The van der Waals surface area contributed by atoms with E-state index >= 15 is 0 Å². The Kier molecular flexibility index (Phi) is 7.44. The van der Waals surface area contributed by atoms with Gasteiger partial charge >= 0.3 is 0 Å².